The first kappa shape index (κ1) is 14.2. The summed E-state index contributed by atoms with van der Waals surface area (Å²) in [6.45, 7) is 0. The molecule has 0 spiro atoms. The highest BCUT2D eigenvalue weighted by Gasteiger charge is 2.13. The highest BCUT2D eigenvalue weighted by atomic mass is 79.9. The molecule has 6 heteroatoms. The minimum absolute atomic E-state index is 0.145. The second kappa shape index (κ2) is 5.83. The maximum Gasteiger partial charge on any atom is 0.259 e. The first-order valence-corrected chi connectivity index (χ1v) is 6.54. The van der Waals surface area contributed by atoms with E-state index < -0.39 is 5.91 Å². The topological polar surface area (TPSA) is 84.6 Å². The molecule has 0 aliphatic rings. The number of nitrogens with one attached hydrogen (secondary N) is 1. The first-order valence-electron chi connectivity index (χ1n) is 5.74. The molecule has 4 N–H and O–H groups in total. The normalized spacial score (nSPS) is 10.1. The lowest BCUT2D eigenvalue weighted by Gasteiger charge is -2.10. The van der Waals surface area contributed by atoms with Crippen molar-refractivity contribution in [2.45, 2.75) is 0 Å². The van der Waals surface area contributed by atoms with Crippen molar-refractivity contribution in [1.82, 2.24) is 0 Å². The van der Waals surface area contributed by atoms with Crippen molar-refractivity contribution < 1.29 is 14.6 Å². The standard InChI is InChI=1S/C14H13BrN2O3/c1-20-9-3-4-10(13(18)7-9)14(19)17-12-5-2-8(16)6-11(12)15/h2-7,18H,16H2,1H3,(H,17,19). The molecule has 0 bridgehead atoms. The molecule has 20 heavy (non-hydrogen) atoms. The number of aromatic hydroxyl groups is 1. The predicted octanol–water partition coefficient (Wildman–Crippen LogP) is 3.00. The van der Waals surface area contributed by atoms with Crippen LogP contribution in [0.15, 0.2) is 40.9 Å². The number of anilines is 2. The zero-order valence-electron chi connectivity index (χ0n) is 10.7. The van der Waals surface area contributed by atoms with E-state index in [2.05, 4.69) is 21.2 Å². The van der Waals surface area contributed by atoms with Crippen molar-refractivity contribution in [3.8, 4) is 11.5 Å². The van der Waals surface area contributed by atoms with Crippen molar-refractivity contribution in [3.63, 3.8) is 0 Å². The average molecular weight is 337 g/mol. The summed E-state index contributed by atoms with van der Waals surface area (Å²) < 4.78 is 5.63. The van der Waals surface area contributed by atoms with Crippen molar-refractivity contribution in [1.29, 1.82) is 0 Å². The van der Waals surface area contributed by atoms with Gasteiger partial charge in [0.15, 0.2) is 0 Å². The molecule has 5 nitrogen and oxygen atoms in total. The summed E-state index contributed by atoms with van der Waals surface area (Å²) in [7, 11) is 1.49. The summed E-state index contributed by atoms with van der Waals surface area (Å²) in [6, 6.07) is 9.52. The molecule has 0 radical (unpaired) electrons. The van der Waals surface area contributed by atoms with Gasteiger partial charge in [0.1, 0.15) is 11.5 Å². The number of methoxy groups -OCH3 is 1. The van der Waals surface area contributed by atoms with Crippen LogP contribution >= 0.6 is 15.9 Å². The van der Waals surface area contributed by atoms with Crippen LogP contribution in [0.5, 0.6) is 11.5 Å². The maximum absolute atomic E-state index is 12.1. The van der Waals surface area contributed by atoms with E-state index >= 15 is 0 Å². The molecule has 0 aliphatic carbocycles. The number of phenols is 1. The summed E-state index contributed by atoms with van der Waals surface area (Å²) in [6.07, 6.45) is 0. The minimum Gasteiger partial charge on any atom is -0.507 e. The molecule has 0 heterocycles. The first-order chi connectivity index (χ1) is 9.51. The highest BCUT2D eigenvalue weighted by molar-refractivity contribution is 9.10. The number of amides is 1. The van der Waals surface area contributed by atoms with E-state index in [1.165, 1.54) is 19.2 Å². The fraction of sp³-hybridized carbons (Fsp3) is 0.0714. The van der Waals surface area contributed by atoms with Crippen molar-refractivity contribution >= 4 is 33.2 Å². The number of nitrogen functional groups attached to an aromatic ring is 1. The van der Waals surface area contributed by atoms with Gasteiger partial charge in [-0.25, -0.2) is 0 Å². The van der Waals surface area contributed by atoms with Crippen molar-refractivity contribution in [2.75, 3.05) is 18.2 Å². The van der Waals surface area contributed by atoms with Gasteiger partial charge in [0.05, 0.1) is 18.4 Å². The van der Waals surface area contributed by atoms with Gasteiger partial charge in [0, 0.05) is 16.2 Å². The molecular formula is C14H13BrN2O3. The molecule has 1 amide bonds. The van der Waals surface area contributed by atoms with Crippen LogP contribution in [0.1, 0.15) is 10.4 Å². The molecular weight excluding hydrogens is 324 g/mol. The number of ether oxygens (including phenoxy) is 1. The van der Waals surface area contributed by atoms with Gasteiger partial charge in [-0.15, -0.1) is 0 Å². The number of nitrogens with two attached hydrogens (primary N) is 1. The Morgan fingerprint density at radius 1 is 1.30 bits per heavy atom. The Morgan fingerprint density at radius 3 is 2.65 bits per heavy atom. The van der Waals surface area contributed by atoms with E-state index in [4.69, 9.17) is 10.5 Å². The number of hydrogen-bond donors (Lipinski definition) is 3. The maximum atomic E-state index is 12.1. The fourth-order valence-electron chi connectivity index (χ4n) is 1.65. The molecule has 0 fully saturated rings. The van der Waals surface area contributed by atoms with Crippen LogP contribution in [0.2, 0.25) is 0 Å². The Labute approximate surface area is 124 Å². The van der Waals surface area contributed by atoms with E-state index in [0.717, 1.165) is 0 Å². The molecule has 0 unspecified atom stereocenters. The smallest absolute Gasteiger partial charge is 0.259 e. The monoisotopic (exact) mass is 336 g/mol. The van der Waals surface area contributed by atoms with Crippen LogP contribution in [0.25, 0.3) is 0 Å². The van der Waals surface area contributed by atoms with Crippen molar-refractivity contribution in [2.24, 2.45) is 0 Å². The summed E-state index contributed by atoms with van der Waals surface area (Å²) >= 11 is 3.31. The van der Waals surface area contributed by atoms with E-state index in [1.54, 1.807) is 24.3 Å². The van der Waals surface area contributed by atoms with Gasteiger partial charge in [-0.3, -0.25) is 4.79 Å². The highest BCUT2D eigenvalue weighted by Crippen LogP contribution is 2.27. The van der Waals surface area contributed by atoms with E-state index in [9.17, 15) is 9.90 Å². The Bertz CT molecular complexity index is 659. The zero-order valence-corrected chi connectivity index (χ0v) is 12.3. The number of halogens is 1. The quantitative estimate of drug-likeness (QED) is 0.752. The number of phenolic OH excluding ortho intramolecular Hbond substituents is 1. The van der Waals surface area contributed by atoms with Gasteiger partial charge in [-0.2, -0.15) is 0 Å². The number of hydrogen-bond acceptors (Lipinski definition) is 4. The largest absolute Gasteiger partial charge is 0.507 e. The second-order valence-corrected chi connectivity index (χ2v) is 4.93. The van der Waals surface area contributed by atoms with Gasteiger partial charge < -0.3 is 20.9 Å². The lowest BCUT2D eigenvalue weighted by molar-refractivity contribution is 0.102. The Morgan fingerprint density at radius 2 is 2.05 bits per heavy atom. The molecule has 2 aromatic rings. The van der Waals surface area contributed by atoms with Gasteiger partial charge in [-0.1, -0.05) is 0 Å². The lowest BCUT2D eigenvalue weighted by atomic mass is 10.1. The summed E-state index contributed by atoms with van der Waals surface area (Å²) in [5.41, 5.74) is 6.94. The number of rotatable bonds is 3. The van der Waals surface area contributed by atoms with Crippen LogP contribution in [-0.2, 0) is 0 Å². The van der Waals surface area contributed by atoms with Crippen molar-refractivity contribution in [3.05, 3.63) is 46.4 Å². The third-order valence-electron chi connectivity index (χ3n) is 2.69. The molecule has 0 saturated carbocycles. The Balaban J connectivity index is 2.24. The van der Waals surface area contributed by atoms with E-state index in [0.29, 0.717) is 21.6 Å². The molecule has 0 aliphatic heterocycles. The third-order valence-corrected chi connectivity index (χ3v) is 3.35. The number of carbonyl (C=O) groups is 1. The predicted molar refractivity (Wildman–Crippen MR) is 81.2 cm³/mol. The fourth-order valence-corrected chi connectivity index (χ4v) is 2.15. The zero-order chi connectivity index (χ0) is 14.7. The van der Waals surface area contributed by atoms with Gasteiger partial charge in [-0.05, 0) is 46.3 Å². The van der Waals surface area contributed by atoms with Crippen LogP contribution in [0.3, 0.4) is 0 Å². The molecule has 0 saturated heterocycles. The van der Waals surface area contributed by atoms with Gasteiger partial charge in [0.2, 0.25) is 0 Å². The van der Waals surface area contributed by atoms with Crippen LogP contribution in [-0.4, -0.2) is 18.1 Å². The molecule has 0 atom stereocenters. The lowest BCUT2D eigenvalue weighted by Crippen LogP contribution is -2.12. The van der Waals surface area contributed by atoms with Crippen LogP contribution in [0, 0.1) is 0 Å². The van der Waals surface area contributed by atoms with Gasteiger partial charge in [0.25, 0.3) is 5.91 Å². The molecule has 104 valence electrons. The second-order valence-electron chi connectivity index (χ2n) is 4.08. The number of benzene rings is 2. The average Bonchev–Trinajstić information content (AvgIpc) is 2.41. The van der Waals surface area contributed by atoms with Gasteiger partial charge >= 0.3 is 0 Å². The molecule has 0 aromatic heterocycles. The molecule has 2 rings (SSSR count). The summed E-state index contributed by atoms with van der Waals surface area (Å²) in [5, 5.41) is 12.5. The van der Waals surface area contributed by atoms with E-state index in [1.807, 2.05) is 0 Å². The Kier molecular flexibility index (Phi) is 4.14. The third kappa shape index (κ3) is 3.03. The summed E-state index contributed by atoms with van der Waals surface area (Å²) in [5.74, 6) is -0.0863. The minimum atomic E-state index is -0.421. The van der Waals surface area contributed by atoms with E-state index in [-0.39, 0.29) is 11.3 Å². The number of carbonyl (C=O) groups excluding carboxylic acids is 1. The Hall–Kier alpha value is -2.21. The van der Waals surface area contributed by atoms with Crippen LogP contribution in [0.4, 0.5) is 11.4 Å². The molecule has 2 aromatic carbocycles. The van der Waals surface area contributed by atoms with Crippen LogP contribution < -0.4 is 15.8 Å². The SMILES string of the molecule is COc1ccc(C(=O)Nc2ccc(N)cc2Br)c(O)c1. The summed E-state index contributed by atoms with van der Waals surface area (Å²) in [4.78, 5) is 12.1.